The van der Waals surface area contributed by atoms with Gasteiger partial charge < -0.3 is 29.9 Å². The second-order valence-corrected chi connectivity index (χ2v) is 13.5. The first-order chi connectivity index (χ1) is 18.0. The number of cyclic esters (lactones) is 1. The molecule has 4 aliphatic carbocycles. The summed E-state index contributed by atoms with van der Waals surface area (Å²) < 4.78 is 11.0. The predicted molar refractivity (Wildman–Crippen MR) is 136 cm³/mol. The largest absolute Gasteiger partial charge is 0.458 e. The number of ether oxygens (including phenoxy) is 2. The van der Waals surface area contributed by atoms with Crippen LogP contribution in [0.4, 0.5) is 0 Å². The SMILES string of the molecule is CON(C1OC[C@@H](O)[C@H](O)[C@@H]1O)[C@@H]1CC[C@@]2(C)C(CCC3C2CC[C@]2(C)[C@@H](C4=CC(=O)OC4)CC[C@]32O)C1. The van der Waals surface area contributed by atoms with Crippen LogP contribution in [0.15, 0.2) is 11.6 Å². The lowest BCUT2D eigenvalue weighted by Gasteiger charge is -2.64. The van der Waals surface area contributed by atoms with Crippen molar-refractivity contribution in [1.29, 1.82) is 0 Å². The molecule has 6 rings (SSSR count). The van der Waals surface area contributed by atoms with Crippen LogP contribution in [0.3, 0.4) is 0 Å². The average Bonchev–Trinajstić information content (AvgIpc) is 3.44. The van der Waals surface area contributed by atoms with Gasteiger partial charge in [-0.15, -0.1) is 0 Å². The lowest BCUT2D eigenvalue weighted by Crippen LogP contribution is -2.64. The summed E-state index contributed by atoms with van der Waals surface area (Å²) in [5.41, 5.74) is 0.215. The van der Waals surface area contributed by atoms with Crippen LogP contribution < -0.4 is 0 Å². The molecule has 38 heavy (non-hydrogen) atoms. The number of fused-ring (bicyclic) bond motifs is 5. The third-order valence-corrected chi connectivity index (χ3v) is 12.3. The molecule has 0 aromatic rings. The Morgan fingerprint density at radius 2 is 1.79 bits per heavy atom. The standard InChI is InChI=1S/C29H45NO8/c1-27-9-6-18(30(36-3)26-25(34)24(33)22(31)15-38-26)13-17(27)4-5-21-20(27)7-10-28(2)19(8-11-29(21,28)35)16-12-23(32)37-14-16/h12,17-22,24-26,31,33-35H,4-11,13-15H2,1-3H3/t17?,18-,19-,20?,21?,22-,24+,25+,26?,27+,28-,29+/m1/s1. The zero-order valence-electron chi connectivity index (χ0n) is 22.9. The van der Waals surface area contributed by atoms with Gasteiger partial charge >= 0.3 is 5.97 Å². The molecule has 0 aromatic heterocycles. The first kappa shape index (κ1) is 27.1. The van der Waals surface area contributed by atoms with Gasteiger partial charge in [0.1, 0.15) is 24.9 Å². The van der Waals surface area contributed by atoms with Crippen molar-refractivity contribution in [3.63, 3.8) is 0 Å². The lowest BCUT2D eigenvalue weighted by atomic mass is 9.43. The lowest BCUT2D eigenvalue weighted by molar-refractivity contribution is -0.326. The van der Waals surface area contributed by atoms with Crippen molar-refractivity contribution < 1.29 is 39.5 Å². The molecule has 2 heterocycles. The first-order valence-corrected chi connectivity index (χ1v) is 14.6. The molecule has 4 unspecified atom stereocenters. The van der Waals surface area contributed by atoms with Crippen molar-refractivity contribution in [1.82, 2.24) is 5.06 Å². The summed E-state index contributed by atoms with van der Waals surface area (Å²) in [7, 11) is 1.57. The molecule has 12 atom stereocenters. The quantitative estimate of drug-likeness (QED) is 0.315. The molecule has 0 radical (unpaired) electrons. The van der Waals surface area contributed by atoms with Crippen LogP contribution in [0.2, 0.25) is 0 Å². The molecule has 2 aliphatic heterocycles. The highest BCUT2D eigenvalue weighted by Crippen LogP contribution is 2.70. The number of esters is 1. The van der Waals surface area contributed by atoms with E-state index in [1.807, 2.05) is 0 Å². The molecule has 0 amide bonds. The minimum Gasteiger partial charge on any atom is -0.458 e. The number of carbonyl (C=O) groups excluding carboxylic acids is 1. The maximum atomic E-state index is 12.4. The maximum Gasteiger partial charge on any atom is 0.331 e. The Hall–Kier alpha value is -1.07. The highest BCUT2D eigenvalue weighted by Gasteiger charge is 2.68. The Labute approximate surface area is 225 Å². The van der Waals surface area contributed by atoms with Crippen molar-refractivity contribution in [3.05, 3.63) is 11.6 Å². The molecule has 9 heteroatoms. The van der Waals surface area contributed by atoms with Crippen molar-refractivity contribution in [2.24, 2.45) is 34.5 Å². The molecule has 1 saturated heterocycles. The average molecular weight is 536 g/mol. The molecule has 4 N–H and O–H groups in total. The Bertz CT molecular complexity index is 974. The van der Waals surface area contributed by atoms with E-state index in [2.05, 4.69) is 13.8 Å². The Kier molecular flexibility index (Phi) is 6.78. The fraction of sp³-hybridized carbons (Fsp3) is 0.897. The molecule has 0 spiro atoms. The van der Waals surface area contributed by atoms with E-state index in [0.717, 1.165) is 63.4 Å². The van der Waals surface area contributed by atoms with Crippen molar-refractivity contribution in [2.45, 2.75) is 108 Å². The van der Waals surface area contributed by atoms with E-state index in [1.165, 1.54) is 0 Å². The maximum absolute atomic E-state index is 12.4. The number of aliphatic hydroxyl groups is 4. The van der Waals surface area contributed by atoms with Crippen LogP contribution in [0.1, 0.15) is 71.6 Å². The van der Waals surface area contributed by atoms with E-state index in [0.29, 0.717) is 18.4 Å². The minimum absolute atomic E-state index is 0.0383. The summed E-state index contributed by atoms with van der Waals surface area (Å²) in [4.78, 5) is 17.5. The number of rotatable bonds is 4. The van der Waals surface area contributed by atoms with E-state index >= 15 is 0 Å². The topological polar surface area (TPSA) is 129 Å². The molecule has 4 saturated carbocycles. The van der Waals surface area contributed by atoms with Gasteiger partial charge in [0.2, 0.25) is 0 Å². The highest BCUT2D eigenvalue weighted by atomic mass is 16.7. The van der Waals surface area contributed by atoms with Gasteiger partial charge in [-0.2, -0.15) is 5.06 Å². The summed E-state index contributed by atoms with van der Waals surface area (Å²) in [6.07, 6.45) is 5.76. The zero-order chi connectivity index (χ0) is 27.0. The molecule has 5 fully saturated rings. The first-order valence-electron chi connectivity index (χ1n) is 14.6. The number of hydrogen-bond donors (Lipinski definition) is 4. The predicted octanol–water partition coefficient (Wildman–Crippen LogP) is 1.91. The third kappa shape index (κ3) is 3.80. The monoisotopic (exact) mass is 535 g/mol. The molecular weight excluding hydrogens is 490 g/mol. The Balaban J connectivity index is 1.19. The van der Waals surface area contributed by atoms with Gasteiger partial charge in [0.15, 0.2) is 6.23 Å². The minimum atomic E-state index is -1.27. The van der Waals surface area contributed by atoms with Crippen molar-refractivity contribution in [2.75, 3.05) is 20.3 Å². The van der Waals surface area contributed by atoms with Crippen LogP contribution in [0, 0.1) is 34.5 Å². The highest BCUT2D eigenvalue weighted by molar-refractivity contribution is 5.85. The third-order valence-electron chi connectivity index (χ3n) is 12.3. The number of nitrogens with zero attached hydrogens (tertiary/aromatic N) is 1. The number of aliphatic hydroxyl groups excluding tert-OH is 3. The Morgan fingerprint density at radius 3 is 2.50 bits per heavy atom. The van der Waals surface area contributed by atoms with Gasteiger partial charge in [-0.05, 0) is 92.4 Å². The normalized spacial score (nSPS) is 52.7. The van der Waals surface area contributed by atoms with E-state index in [4.69, 9.17) is 14.3 Å². The van der Waals surface area contributed by atoms with E-state index in [1.54, 1.807) is 18.2 Å². The second-order valence-electron chi connectivity index (χ2n) is 13.5. The number of hydroxylamine groups is 2. The smallest absolute Gasteiger partial charge is 0.331 e. The van der Waals surface area contributed by atoms with E-state index in [9.17, 15) is 25.2 Å². The summed E-state index contributed by atoms with van der Waals surface area (Å²) in [5.74, 6) is 1.11. The van der Waals surface area contributed by atoms with Crippen LogP contribution in [-0.4, -0.2) is 88.0 Å². The molecule has 9 nitrogen and oxygen atoms in total. The van der Waals surface area contributed by atoms with Crippen LogP contribution in [-0.2, 0) is 19.1 Å². The fourth-order valence-corrected chi connectivity index (χ4v) is 10.1. The van der Waals surface area contributed by atoms with Gasteiger partial charge in [-0.25, -0.2) is 4.79 Å². The summed E-state index contributed by atoms with van der Waals surface area (Å²) in [6, 6.07) is 0.0383. The molecular formula is C29H45NO8. The summed E-state index contributed by atoms with van der Waals surface area (Å²) in [6.45, 7) is 5.01. The van der Waals surface area contributed by atoms with Gasteiger partial charge in [0.05, 0.1) is 19.3 Å². The van der Waals surface area contributed by atoms with Crippen molar-refractivity contribution in [3.8, 4) is 0 Å². The summed E-state index contributed by atoms with van der Waals surface area (Å²) >= 11 is 0. The summed E-state index contributed by atoms with van der Waals surface area (Å²) in [5, 5.41) is 44.9. The van der Waals surface area contributed by atoms with Gasteiger partial charge in [-0.1, -0.05) is 13.8 Å². The number of carbonyl (C=O) groups is 1. The van der Waals surface area contributed by atoms with Crippen LogP contribution in [0.25, 0.3) is 0 Å². The fourth-order valence-electron chi connectivity index (χ4n) is 10.1. The molecule has 6 aliphatic rings. The van der Waals surface area contributed by atoms with Gasteiger partial charge in [-0.3, -0.25) is 4.84 Å². The Morgan fingerprint density at radius 1 is 1.00 bits per heavy atom. The van der Waals surface area contributed by atoms with E-state index in [-0.39, 0.29) is 41.3 Å². The molecule has 0 aromatic carbocycles. The zero-order valence-corrected chi connectivity index (χ0v) is 22.9. The molecule has 0 bridgehead atoms. The van der Waals surface area contributed by atoms with Crippen LogP contribution in [0.5, 0.6) is 0 Å². The van der Waals surface area contributed by atoms with Gasteiger partial charge in [0, 0.05) is 17.5 Å². The van der Waals surface area contributed by atoms with Crippen LogP contribution >= 0.6 is 0 Å². The van der Waals surface area contributed by atoms with E-state index < -0.39 is 30.1 Å². The molecule has 214 valence electrons. The van der Waals surface area contributed by atoms with Gasteiger partial charge in [0.25, 0.3) is 0 Å². The second kappa shape index (κ2) is 9.50. The number of hydrogen-bond acceptors (Lipinski definition) is 9. The van der Waals surface area contributed by atoms with Crippen molar-refractivity contribution >= 4 is 5.97 Å².